The zero-order valence-corrected chi connectivity index (χ0v) is 22.3. The number of phenols is 1. The number of benzene rings is 4. The van der Waals surface area contributed by atoms with Gasteiger partial charge in [0.15, 0.2) is 0 Å². The Bertz CT molecular complexity index is 1280. The van der Waals surface area contributed by atoms with Gasteiger partial charge in [-0.15, -0.1) is 0 Å². The van der Waals surface area contributed by atoms with Crippen molar-refractivity contribution in [3.05, 3.63) is 135 Å². The van der Waals surface area contributed by atoms with E-state index in [4.69, 9.17) is 27.9 Å². The molecule has 1 saturated heterocycles. The highest BCUT2D eigenvalue weighted by molar-refractivity contribution is 6.30. The molecule has 1 aliphatic heterocycles. The van der Waals surface area contributed by atoms with E-state index in [0.717, 1.165) is 16.7 Å². The Morgan fingerprint density at radius 1 is 0.757 bits per heavy atom. The number of aryl methyl sites for hydroxylation is 2. The van der Waals surface area contributed by atoms with Crippen LogP contribution in [0.15, 0.2) is 97.1 Å². The van der Waals surface area contributed by atoms with E-state index in [0.29, 0.717) is 16.6 Å². The molecule has 0 spiro atoms. The first kappa shape index (κ1) is 26.7. The molecule has 37 heavy (non-hydrogen) atoms. The van der Waals surface area contributed by atoms with Crippen LogP contribution in [0, 0.1) is 13.8 Å². The van der Waals surface area contributed by atoms with Crippen molar-refractivity contribution < 1.29 is 14.6 Å². The number of nitrogens with zero attached hydrogens (tertiary/aromatic N) is 1. The van der Waals surface area contributed by atoms with Crippen LogP contribution in [-0.2, 0) is 16.1 Å². The van der Waals surface area contributed by atoms with Crippen LogP contribution in [0.1, 0.15) is 40.0 Å². The lowest BCUT2D eigenvalue weighted by Gasteiger charge is -2.41. The summed E-state index contributed by atoms with van der Waals surface area (Å²) in [6.45, 7) is 4.59. The average Bonchev–Trinajstić information content (AvgIpc) is 2.90. The molecule has 0 aliphatic carbocycles. The van der Waals surface area contributed by atoms with Crippen molar-refractivity contribution in [3.8, 4) is 5.75 Å². The summed E-state index contributed by atoms with van der Waals surface area (Å²) in [5.41, 5.74) is 5.46. The third-order valence-electron chi connectivity index (χ3n) is 6.25. The average molecular weight is 534 g/mol. The van der Waals surface area contributed by atoms with Crippen molar-refractivity contribution in [3.63, 3.8) is 0 Å². The number of aromatic hydroxyl groups is 1. The highest BCUT2D eigenvalue weighted by Gasteiger charge is 2.38. The second-order valence-electron chi connectivity index (χ2n) is 9.12. The maximum Gasteiger partial charge on any atom is 0.249 e. The summed E-state index contributed by atoms with van der Waals surface area (Å²) in [6.07, 6.45) is -0.344. The highest BCUT2D eigenvalue weighted by Crippen LogP contribution is 2.41. The monoisotopic (exact) mass is 533 g/mol. The molecule has 190 valence electrons. The zero-order chi connectivity index (χ0) is 26.4. The van der Waals surface area contributed by atoms with Crippen LogP contribution in [-0.4, -0.2) is 22.5 Å². The molecule has 1 heterocycles. The van der Waals surface area contributed by atoms with Crippen molar-refractivity contribution in [2.45, 2.75) is 32.5 Å². The standard InChI is InChI=1S/C23H19Cl2NO3.C8H10/c24-18-7-3-16(4-8-18)22-23(17-5-9-19(25)10-6-17)29-14-21(28)26(22)13-15-1-11-20(27)12-2-15;1-7-3-5-8(2)6-4-7/h1-12,22-23,27H,13-14H2;3-6H,1-2H3. The van der Waals surface area contributed by atoms with Gasteiger partial charge in [0.25, 0.3) is 0 Å². The van der Waals surface area contributed by atoms with Gasteiger partial charge in [-0.05, 0) is 66.9 Å². The number of morpholine rings is 1. The summed E-state index contributed by atoms with van der Waals surface area (Å²) in [6, 6.07) is 30.0. The summed E-state index contributed by atoms with van der Waals surface area (Å²) in [5.74, 6) is 0.0959. The number of ether oxygens (including phenoxy) is 1. The molecule has 1 amide bonds. The minimum atomic E-state index is -0.344. The van der Waals surface area contributed by atoms with E-state index in [9.17, 15) is 9.90 Å². The van der Waals surface area contributed by atoms with Crippen molar-refractivity contribution >= 4 is 29.1 Å². The Morgan fingerprint density at radius 2 is 1.24 bits per heavy atom. The van der Waals surface area contributed by atoms with E-state index in [-0.39, 0.29) is 30.4 Å². The molecule has 1 fully saturated rings. The molecule has 0 aromatic heterocycles. The molecule has 1 N–H and O–H groups in total. The Kier molecular flexibility index (Phi) is 8.88. The van der Waals surface area contributed by atoms with Gasteiger partial charge in [0.05, 0.1) is 6.04 Å². The quantitative estimate of drug-likeness (QED) is 0.290. The smallest absolute Gasteiger partial charge is 0.249 e. The Hall–Kier alpha value is -3.31. The van der Waals surface area contributed by atoms with Gasteiger partial charge in [0.2, 0.25) is 5.91 Å². The predicted octanol–water partition coefficient (Wildman–Crippen LogP) is 7.84. The molecule has 2 atom stereocenters. The predicted molar refractivity (Wildman–Crippen MR) is 149 cm³/mol. The third kappa shape index (κ3) is 7.14. The fraction of sp³-hybridized carbons (Fsp3) is 0.194. The number of rotatable bonds is 4. The maximum absolute atomic E-state index is 12.9. The SMILES string of the molecule is Cc1ccc(C)cc1.O=C1COC(c2ccc(Cl)cc2)C(c2ccc(Cl)cc2)N1Cc1ccc(O)cc1. The molecular weight excluding hydrogens is 505 g/mol. The van der Waals surface area contributed by atoms with Crippen LogP contribution in [0.25, 0.3) is 0 Å². The van der Waals surface area contributed by atoms with E-state index >= 15 is 0 Å². The van der Waals surface area contributed by atoms with Crippen molar-refractivity contribution in [1.29, 1.82) is 0 Å². The lowest BCUT2D eigenvalue weighted by molar-refractivity contribution is -0.159. The second kappa shape index (κ2) is 12.3. The molecular formula is C31H29Cl2NO3. The molecule has 0 bridgehead atoms. The Labute approximate surface area is 228 Å². The minimum absolute atomic E-state index is 0.00450. The first-order chi connectivity index (χ1) is 17.8. The van der Waals surface area contributed by atoms with E-state index < -0.39 is 0 Å². The molecule has 5 rings (SSSR count). The van der Waals surface area contributed by atoms with Crippen LogP contribution >= 0.6 is 23.2 Å². The van der Waals surface area contributed by atoms with Crippen LogP contribution in [0.4, 0.5) is 0 Å². The van der Waals surface area contributed by atoms with Gasteiger partial charge in [-0.25, -0.2) is 0 Å². The van der Waals surface area contributed by atoms with Crippen LogP contribution in [0.3, 0.4) is 0 Å². The van der Waals surface area contributed by atoms with E-state index in [1.807, 2.05) is 65.6 Å². The summed E-state index contributed by atoms with van der Waals surface area (Å²) in [4.78, 5) is 14.7. The normalized spacial score (nSPS) is 17.2. The minimum Gasteiger partial charge on any atom is -0.508 e. The molecule has 4 aromatic carbocycles. The van der Waals surface area contributed by atoms with E-state index in [1.54, 1.807) is 12.1 Å². The van der Waals surface area contributed by atoms with Crippen LogP contribution < -0.4 is 0 Å². The number of halogens is 2. The first-order valence-corrected chi connectivity index (χ1v) is 12.8. The number of carbonyl (C=O) groups excluding carboxylic acids is 1. The van der Waals surface area contributed by atoms with Gasteiger partial charge < -0.3 is 14.7 Å². The fourth-order valence-electron chi connectivity index (χ4n) is 4.22. The number of hydrogen-bond acceptors (Lipinski definition) is 3. The highest BCUT2D eigenvalue weighted by atomic mass is 35.5. The summed E-state index contributed by atoms with van der Waals surface area (Å²) >= 11 is 12.1. The maximum atomic E-state index is 12.9. The molecule has 2 unspecified atom stereocenters. The third-order valence-corrected chi connectivity index (χ3v) is 6.75. The number of carbonyl (C=O) groups is 1. The van der Waals surface area contributed by atoms with Gasteiger partial charge in [-0.1, -0.05) is 95.0 Å². The molecule has 0 radical (unpaired) electrons. The number of amides is 1. The molecule has 6 heteroatoms. The molecule has 4 nitrogen and oxygen atoms in total. The topological polar surface area (TPSA) is 49.8 Å². The van der Waals surface area contributed by atoms with Gasteiger partial charge >= 0.3 is 0 Å². The van der Waals surface area contributed by atoms with Gasteiger partial charge in [0, 0.05) is 16.6 Å². The lowest BCUT2D eigenvalue weighted by atomic mass is 9.92. The van der Waals surface area contributed by atoms with E-state index in [1.165, 1.54) is 11.1 Å². The summed E-state index contributed by atoms with van der Waals surface area (Å²) < 4.78 is 5.99. The van der Waals surface area contributed by atoms with Crippen molar-refractivity contribution in [2.24, 2.45) is 0 Å². The largest absolute Gasteiger partial charge is 0.508 e. The van der Waals surface area contributed by atoms with Gasteiger partial charge in [0.1, 0.15) is 18.5 Å². The molecule has 4 aromatic rings. The van der Waals surface area contributed by atoms with Gasteiger partial charge in [-0.3, -0.25) is 4.79 Å². The zero-order valence-electron chi connectivity index (χ0n) is 20.8. The van der Waals surface area contributed by atoms with Gasteiger partial charge in [-0.2, -0.15) is 0 Å². The Morgan fingerprint density at radius 3 is 1.76 bits per heavy atom. The molecule has 1 aliphatic rings. The molecule has 0 saturated carbocycles. The number of phenolic OH excluding ortho intramolecular Hbond substituents is 1. The van der Waals surface area contributed by atoms with Crippen LogP contribution in [0.5, 0.6) is 5.75 Å². The lowest BCUT2D eigenvalue weighted by Crippen LogP contribution is -2.45. The number of hydrogen-bond donors (Lipinski definition) is 1. The summed E-state index contributed by atoms with van der Waals surface area (Å²) in [5, 5.41) is 10.8. The first-order valence-electron chi connectivity index (χ1n) is 12.0. The summed E-state index contributed by atoms with van der Waals surface area (Å²) in [7, 11) is 0. The van der Waals surface area contributed by atoms with E-state index in [2.05, 4.69) is 38.1 Å². The Balaban J connectivity index is 0.000000342. The van der Waals surface area contributed by atoms with Crippen molar-refractivity contribution in [2.75, 3.05) is 6.61 Å². The fourth-order valence-corrected chi connectivity index (χ4v) is 4.47. The second-order valence-corrected chi connectivity index (χ2v) is 10.00. The van der Waals surface area contributed by atoms with Crippen molar-refractivity contribution in [1.82, 2.24) is 4.90 Å². The van der Waals surface area contributed by atoms with Crippen LogP contribution in [0.2, 0.25) is 10.0 Å².